The lowest BCUT2D eigenvalue weighted by Crippen LogP contribution is -2.18. The molecule has 1 rings (SSSR count). The van der Waals surface area contributed by atoms with E-state index in [1.54, 1.807) is 0 Å². The van der Waals surface area contributed by atoms with E-state index in [1.807, 2.05) is 13.8 Å². The molecule has 0 aromatic heterocycles. The van der Waals surface area contributed by atoms with E-state index in [0.29, 0.717) is 4.61 Å². The third-order valence-electron chi connectivity index (χ3n) is 1.35. The zero-order valence-corrected chi connectivity index (χ0v) is 9.72. The Balaban J connectivity index is 2.70. The number of ether oxygens (including phenoxy) is 1. The maximum atomic E-state index is 11.3. The molecule has 0 spiro atoms. The number of hydrogen-bond donors (Lipinski definition) is 0. The van der Waals surface area contributed by atoms with E-state index in [1.165, 1.54) is 0 Å². The Morgan fingerprint density at radius 3 is 2.62 bits per heavy atom. The van der Waals surface area contributed by atoms with Crippen LogP contribution in [0, 0.1) is 0 Å². The van der Waals surface area contributed by atoms with Crippen molar-refractivity contribution in [2.75, 3.05) is 6.61 Å². The van der Waals surface area contributed by atoms with Crippen LogP contribution in [0.5, 0.6) is 0 Å². The molecule has 0 radical (unpaired) electrons. The molecule has 0 saturated heterocycles. The van der Waals surface area contributed by atoms with Gasteiger partial charge in [-0.25, -0.2) is 13.4 Å². The lowest BCUT2D eigenvalue weighted by Gasteiger charge is -2.05. The minimum Gasteiger partial charge on any atom is -0.372 e. The van der Waals surface area contributed by atoms with E-state index < -0.39 is 9.84 Å². The quantitative estimate of drug-likeness (QED) is 0.727. The first-order chi connectivity index (χ1) is 5.92. The van der Waals surface area contributed by atoms with Crippen molar-refractivity contribution in [2.24, 2.45) is 4.99 Å². The zero-order valence-electron chi connectivity index (χ0n) is 7.32. The highest BCUT2D eigenvalue weighted by molar-refractivity contribution is 9.11. The molecule has 0 atom stereocenters. The van der Waals surface area contributed by atoms with Crippen LogP contribution in [0.4, 0.5) is 0 Å². The fourth-order valence-electron chi connectivity index (χ4n) is 0.758. The molecular formula is C7H10BrNO3S. The Morgan fingerprint density at radius 2 is 2.23 bits per heavy atom. The second kappa shape index (κ2) is 3.89. The van der Waals surface area contributed by atoms with Crippen LogP contribution in [-0.2, 0) is 14.6 Å². The summed E-state index contributed by atoms with van der Waals surface area (Å²) >= 11 is 3.00. The molecule has 0 N–H and O–H groups in total. The second-order valence-corrected chi connectivity index (χ2v) is 5.46. The molecule has 1 heterocycles. The lowest BCUT2D eigenvalue weighted by molar-refractivity contribution is 0.112. The van der Waals surface area contributed by atoms with Gasteiger partial charge in [0.15, 0.2) is 5.04 Å². The molecule has 4 nitrogen and oxygen atoms in total. The first-order valence-corrected chi connectivity index (χ1v) is 6.07. The smallest absolute Gasteiger partial charge is 0.218 e. The first-order valence-electron chi connectivity index (χ1n) is 3.73. The summed E-state index contributed by atoms with van der Waals surface area (Å²) in [4.78, 5) is 3.79. The Morgan fingerprint density at radius 1 is 1.62 bits per heavy atom. The maximum absolute atomic E-state index is 11.3. The standard InChI is InChI=1S/C7H10BrNO3S/c1-5(2)12-3-7-9-6(8)4-13(7,10)11/h4-5H,3H2,1-2H3. The topological polar surface area (TPSA) is 55.7 Å². The largest absolute Gasteiger partial charge is 0.372 e. The summed E-state index contributed by atoms with van der Waals surface area (Å²) in [5.41, 5.74) is 0. The van der Waals surface area contributed by atoms with Gasteiger partial charge in [0, 0.05) is 0 Å². The summed E-state index contributed by atoms with van der Waals surface area (Å²) < 4.78 is 28.0. The molecule has 13 heavy (non-hydrogen) atoms. The van der Waals surface area contributed by atoms with Gasteiger partial charge in [0.1, 0.15) is 11.2 Å². The average Bonchev–Trinajstić information content (AvgIpc) is 2.19. The van der Waals surface area contributed by atoms with E-state index in [2.05, 4.69) is 20.9 Å². The minimum absolute atomic E-state index is 0.00252. The van der Waals surface area contributed by atoms with Crippen LogP contribution in [-0.4, -0.2) is 26.2 Å². The molecule has 0 aromatic rings. The van der Waals surface area contributed by atoms with Crippen molar-refractivity contribution in [1.29, 1.82) is 0 Å². The Bertz CT molecular complexity index is 356. The molecule has 0 amide bonds. The Kier molecular flexibility index (Phi) is 3.26. The summed E-state index contributed by atoms with van der Waals surface area (Å²) in [5.74, 6) is 0. The molecular weight excluding hydrogens is 258 g/mol. The third-order valence-corrected chi connectivity index (χ3v) is 3.46. The molecule has 1 aliphatic rings. The zero-order chi connectivity index (χ0) is 10.1. The number of halogens is 1. The molecule has 0 unspecified atom stereocenters. The molecule has 1 aliphatic heterocycles. The van der Waals surface area contributed by atoms with Gasteiger partial charge in [-0.3, -0.25) is 0 Å². The first kappa shape index (κ1) is 10.9. The van der Waals surface area contributed by atoms with Crippen LogP contribution in [0.25, 0.3) is 0 Å². The van der Waals surface area contributed by atoms with Gasteiger partial charge in [0.05, 0.1) is 11.5 Å². The number of nitrogens with zero attached hydrogens (tertiary/aromatic N) is 1. The third kappa shape index (κ3) is 2.89. The van der Waals surface area contributed by atoms with Crippen molar-refractivity contribution in [1.82, 2.24) is 0 Å². The number of rotatable bonds is 3. The average molecular weight is 268 g/mol. The fourth-order valence-corrected chi connectivity index (χ4v) is 2.73. The maximum Gasteiger partial charge on any atom is 0.218 e. The lowest BCUT2D eigenvalue weighted by atomic mass is 10.5. The van der Waals surface area contributed by atoms with E-state index in [9.17, 15) is 8.42 Å². The monoisotopic (exact) mass is 267 g/mol. The highest BCUT2D eigenvalue weighted by Gasteiger charge is 2.24. The molecule has 0 aliphatic carbocycles. The van der Waals surface area contributed by atoms with Crippen LogP contribution in [0.2, 0.25) is 0 Å². The SMILES string of the molecule is CC(C)OCC1=NC(Br)=CS1(=O)=O. The van der Waals surface area contributed by atoms with E-state index in [0.717, 1.165) is 5.41 Å². The predicted octanol–water partition coefficient (Wildman–Crippen LogP) is 1.43. The van der Waals surface area contributed by atoms with Gasteiger partial charge in [-0.1, -0.05) is 0 Å². The summed E-state index contributed by atoms with van der Waals surface area (Å²) in [6.07, 6.45) is -0.00252. The van der Waals surface area contributed by atoms with Crippen molar-refractivity contribution < 1.29 is 13.2 Å². The predicted molar refractivity (Wildman–Crippen MR) is 54.5 cm³/mol. The fraction of sp³-hybridized carbons (Fsp3) is 0.571. The number of aliphatic imine (C=N–C) groups is 1. The van der Waals surface area contributed by atoms with Gasteiger partial charge in [0.2, 0.25) is 9.84 Å². The normalized spacial score (nSPS) is 20.3. The van der Waals surface area contributed by atoms with Crippen LogP contribution in [0.1, 0.15) is 13.8 Å². The van der Waals surface area contributed by atoms with E-state index in [4.69, 9.17) is 4.74 Å². The van der Waals surface area contributed by atoms with Crippen molar-refractivity contribution >= 4 is 30.8 Å². The summed E-state index contributed by atoms with van der Waals surface area (Å²) in [7, 11) is -3.32. The molecule has 0 fully saturated rings. The molecule has 0 saturated carbocycles. The molecule has 74 valence electrons. The highest BCUT2D eigenvalue weighted by atomic mass is 79.9. The number of sulfone groups is 1. The van der Waals surface area contributed by atoms with Crippen LogP contribution in [0.3, 0.4) is 0 Å². The summed E-state index contributed by atoms with van der Waals surface area (Å²) in [6, 6.07) is 0. The summed E-state index contributed by atoms with van der Waals surface area (Å²) in [5, 5.41) is 1.14. The van der Waals surface area contributed by atoms with Crippen LogP contribution in [0.15, 0.2) is 15.0 Å². The van der Waals surface area contributed by atoms with Gasteiger partial charge >= 0.3 is 0 Å². The van der Waals surface area contributed by atoms with Crippen molar-refractivity contribution in [3.8, 4) is 0 Å². The minimum atomic E-state index is -3.32. The second-order valence-electron chi connectivity index (χ2n) is 2.85. The highest BCUT2D eigenvalue weighted by Crippen LogP contribution is 2.19. The Labute approximate surface area is 85.7 Å². The molecule has 6 heteroatoms. The van der Waals surface area contributed by atoms with Crippen LogP contribution >= 0.6 is 15.9 Å². The number of hydrogen-bond acceptors (Lipinski definition) is 4. The van der Waals surface area contributed by atoms with E-state index in [-0.39, 0.29) is 17.8 Å². The molecule has 0 bridgehead atoms. The summed E-state index contributed by atoms with van der Waals surface area (Å²) in [6.45, 7) is 3.71. The van der Waals surface area contributed by atoms with Gasteiger partial charge < -0.3 is 4.74 Å². The van der Waals surface area contributed by atoms with Gasteiger partial charge in [-0.2, -0.15) is 0 Å². The van der Waals surface area contributed by atoms with Gasteiger partial charge in [0.25, 0.3) is 0 Å². The van der Waals surface area contributed by atoms with Crippen molar-refractivity contribution in [3.05, 3.63) is 10.0 Å². The van der Waals surface area contributed by atoms with Crippen molar-refractivity contribution in [2.45, 2.75) is 20.0 Å². The van der Waals surface area contributed by atoms with Crippen LogP contribution < -0.4 is 0 Å². The van der Waals surface area contributed by atoms with Crippen molar-refractivity contribution in [3.63, 3.8) is 0 Å². The molecule has 0 aromatic carbocycles. The van der Waals surface area contributed by atoms with Gasteiger partial charge in [-0.15, -0.1) is 0 Å². The van der Waals surface area contributed by atoms with Gasteiger partial charge in [-0.05, 0) is 29.8 Å². The van der Waals surface area contributed by atoms with E-state index >= 15 is 0 Å². The Hall–Kier alpha value is -0.200.